The molecule has 0 spiro atoms. The summed E-state index contributed by atoms with van der Waals surface area (Å²) >= 11 is 0. The number of methoxy groups -OCH3 is 2. The standard InChI is InChI=1S/C25H24F3N3O4/c1-34-20-8-6-16(7-9-20)23(32)17-10-12-30(13-11-17)24(33)22-21(35-2)15-31(29-22)19-5-3-4-18(14-19)25(26,27)28/h3-9,14-15,17H,10-13H2,1-2H3. The number of nitrogens with zero attached hydrogens (tertiary/aromatic N) is 3. The van der Waals surface area contributed by atoms with Crippen LogP contribution >= 0.6 is 0 Å². The number of ether oxygens (including phenoxy) is 2. The molecule has 1 aliphatic rings. The van der Waals surface area contributed by atoms with Gasteiger partial charge in [-0.3, -0.25) is 9.59 Å². The fourth-order valence-electron chi connectivity index (χ4n) is 4.10. The van der Waals surface area contributed by atoms with Gasteiger partial charge in [0.25, 0.3) is 5.91 Å². The van der Waals surface area contributed by atoms with Gasteiger partial charge in [-0.1, -0.05) is 6.07 Å². The molecule has 0 N–H and O–H groups in total. The molecule has 0 unspecified atom stereocenters. The number of hydrogen-bond donors (Lipinski definition) is 0. The van der Waals surface area contributed by atoms with Crippen LogP contribution in [0.4, 0.5) is 13.2 Å². The molecule has 2 aromatic carbocycles. The van der Waals surface area contributed by atoms with Crippen molar-refractivity contribution in [2.75, 3.05) is 27.3 Å². The van der Waals surface area contributed by atoms with Gasteiger partial charge in [-0.2, -0.15) is 18.3 Å². The lowest BCUT2D eigenvalue weighted by molar-refractivity contribution is -0.137. The summed E-state index contributed by atoms with van der Waals surface area (Å²) in [4.78, 5) is 27.6. The van der Waals surface area contributed by atoms with Gasteiger partial charge in [0.15, 0.2) is 17.2 Å². The number of amides is 1. The van der Waals surface area contributed by atoms with Crippen molar-refractivity contribution in [1.29, 1.82) is 0 Å². The lowest BCUT2D eigenvalue weighted by Crippen LogP contribution is -2.40. The number of alkyl halides is 3. The molecule has 0 aliphatic carbocycles. The highest BCUT2D eigenvalue weighted by Crippen LogP contribution is 2.31. The van der Waals surface area contributed by atoms with Gasteiger partial charge in [-0.25, -0.2) is 4.68 Å². The van der Waals surface area contributed by atoms with Gasteiger partial charge in [0.2, 0.25) is 0 Å². The molecule has 1 saturated heterocycles. The fraction of sp³-hybridized carbons (Fsp3) is 0.320. The normalized spacial score (nSPS) is 14.6. The monoisotopic (exact) mass is 487 g/mol. The first-order valence-electron chi connectivity index (χ1n) is 11.0. The number of piperidine rings is 1. The molecule has 1 aliphatic heterocycles. The maximum absolute atomic E-state index is 13.2. The maximum Gasteiger partial charge on any atom is 0.416 e. The van der Waals surface area contributed by atoms with Crippen molar-refractivity contribution in [3.8, 4) is 17.2 Å². The first-order valence-corrected chi connectivity index (χ1v) is 11.0. The molecule has 0 radical (unpaired) electrons. The van der Waals surface area contributed by atoms with Gasteiger partial charge in [0, 0.05) is 24.6 Å². The molecule has 1 aromatic heterocycles. The molecule has 0 bridgehead atoms. The highest BCUT2D eigenvalue weighted by atomic mass is 19.4. The zero-order chi connectivity index (χ0) is 25.2. The number of aromatic nitrogens is 2. The average molecular weight is 487 g/mol. The van der Waals surface area contributed by atoms with Crippen LogP contribution in [-0.4, -0.2) is 53.7 Å². The summed E-state index contributed by atoms with van der Waals surface area (Å²) in [5, 5.41) is 4.22. The molecule has 10 heteroatoms. The Morgan fingerprint density at radius 2 is 1.69 bits per heavy atom. The topological polar surface area (TPSA) is 73.7 Å². The number of hydrogen-bond acceptors (Lipinski definition) is 5. The summed E-state index contributed by atoms with van der Waals surface area (Å²) in [7, 11) is 2.92. The van der Waals surface area contributed by atoms with Crippen LogP contribution in [0, 0.1) is 5.92 Å². The lowest BCUT2D eigenvalue weighted by atomic mass is 9.89. The van der Waals surface area contributed by atoms with E-state index in [1.807, 2.05) is 0 Å². The quantitative estimate of drug-likeness (QED) is 0.474. The summed E-state index contributed by atoms with van der Waals surface area (Å²) in [6, 6.07) is 11.6. The van der Waals surface area contributed by atoms with Crippen LogP contribution < -0.4 is 9.47 Å². The van der Waals surface area contributed by atoms with E-state index < -0.39 is 17.6 Å². The Labute approximate surface area is 200 Å². The molecule has 0 saturated carbocycles. The highest BCUT2D eigenvalue weighted by molar-refractivity contribution is 5.98. The van der Waals surface area contributed by atoms with Gasteiger partial charge in [0.1, 0.15) is 5.75 Å². The predicted molar refractivity (Wildman–Crippen MR) is 121 cm³/mol. The summed E-state index contributed by atoms with van der Waals surface area (Å²) in [5.74, 6) is 0.232. The van der Waals surface area contributed by atoms with Crippen molar-refractivity contribution in [1.82, 2.24) is 14.7 Å². The van der Waals surface area contributed by atoms with Crippen molar-refractivity contribution in [2.24, 2.45) is 5.92 Å². The molecule has 0 atom stereocenters. The van der Waals surface area contributed by atoms with Crippen molar-refractivity contribution < 1.29 is 32.2 Å². The van der Waals surface area contributed by atoms with E-state index in [9.17, 15) is 22.8 Å². The minimum atomic E-state index is -4.50. The van der Waals surface area contributed by atoms with Crippen molar-refractivity contribution in [3.63, 3.8) is 0 Å². The Hall–Kier alpha value is -3.82. The minimum Gasteiger partial charge on any atom is -0.497 e. The molecule has 1 amide bonds. The maximum atomic E-state index is 13.2. The predicted octanol–water partition coefficient (Wildman–Crippen LogP) is 4.64. The van der Waals surface area contributed by atoms with Crippen LogP contribution in [0.25, 0.3) is 5.69 Å². The smallest absolute Gasteiger partial charge is 0.416 e. The molecular weight excluding hydrogens is 463 g/mol. The van der Waals surface area contributed by atoms with Crippen LogP contribution in [0.2, 0.25) is 0 Å². The Morgan fingerprint density at radius 3 is 2.29 bits per heavy atom. The second kappa shape index (κ2) is 9.81. The number of halogens is 3. The summed E-state index contributed by atoms with van der Waals surface area (Å²) < 4.78 is 50.9. The van der Waals surface area contributed by atoms with Gasteiger partial charge in [-0.05, 0) is 55.3 Å². The van der Waals surface area contributed by atoms with Crippen molar-refractivity contribution >= 4 is 11.7 Å². The Bertz CT molecular complexity index is 1210. The first kappa shape index (κ1) is 24.3. The molecule has 4 rings (SSSR count). The molecule has 184 valence electrons. The third-order valence-electron chi connectivity index (χ3n) is 6.07. The molecular formula is C25H24F3N3O4. The molecule has 3 aromatic rings. The van der Waals surface area contributed by atoms with Crippen LogP contribution in [-0.2, 0) is 6.18 Å². The van der Waals surface area contributed by atoms with Crippen LogP contribution in [0.1, 0.15) is 39.3 Å². The highest BCUT2D eigenvalue weighted by Gasteiger charge is 2.32. The number of likely N-dealkylation sites (tertiary alicyclic amines) is 1. The SMILES string of the molecule is COc1ccc(C(=O)C2CCN(C(=O)c3nn(-c4cccc(C(F)(F)F)c4)cc3OC)CC2)cc1. The second-order valence-electron chi connectivity index (χ2n) is 8.20. The summed E-state index contributed by atoms with van der Waals surface area (Å²) in [6.07, 6.45) is -2.14. The van der Waals surface area contributed by atoms with Crippen molar-refractivity contribution in [3.05, 3.63) is 71.5 Å². The summed E-state index contributed by atoms with van der Waals surface area (Å²) in [5.41, 5.74) is -0.0659. The third kappa shape index (κ3) is 5.16. The Balaban J connectivity index is 1.47. The van der Waals surface area contributed by atoms with E-state index in [-0.39, 0.29) is 28.8 Å². The zero-order valence-electron chi connectivity index (χ0n) is 19.2. The number of carbonyl (C=O) groups is 2. The summed E-state index contributed by atoms with van der Waals surface area (Å²) in [6.45, 7) is 0.704. The largest absolute Gasteiger partial charge is 0.497 e. The van der Waals surface area contributed by atoms with Crippen LogP contribution in [0.5, 0.6) is 11.5 Å². The van der Waals surface area contributed by atoms with E-state index in [1.165, 1.54) is 30.1 Å². The molecule has 7 nitrogen and oxygen atoms in total. The number of Topliss-reactive ketones (excluding diaryl/α,β-unsaturated/α-hetero) is 1. The molecule has 35 heavy (non-hydrogen) atoms. The zero-order valence-corrected chi connectivity index (χ0v) is 19.2. The number of ketones is 1. The Morgan fingerprint density at radius 1 is 1.00 bits per heavy atom. The van der Waals surface area contributed by atoms with Crippen LogP contribution in [0.15, 0.2) is 54.7 Å². The third-order valence-corrected chi connectivity index (χ3v) is 6.07. The minimum absolute atomic E-state index is 0.00448. The van der Waals surface area contributed by atoms with Gasteiger partial charge < -0.3 is 14.4 Å². The van der Waals surface area contributed by atoms with Gasteiger partial charge in [0.05, 0.1) is 31.7 Å². The van der Waals surface area contributed by atoms with Gasteiger partial charge >= 0.3 is 6.18 Å². The first-order chi connectivity index (χ1) is 16.7. The lowest BCUT2D eigenvalue weighted by Gasteiger charge is -2.31. The van der Waals surface area contributed by atoms with E-state index in [4.69, 9.17) is 9.47 Å². The van der Waals surface area contributed by atoms with Gasteiger partial charge in [-0.15, -0.1) is 0 Å². The molecule has 1 fully saturated rings. The second-order valence-corrected chi connectivity index (χ2v) is 8.20. The van der Waals surface area contributed by atoms with Crippen LogP contribution in [0.3, 0.4) is 0 Å². The number of rotatable bonds is 6. The van der Waals surface area contributed by atoms with E-state index in [0.717, 1.165) is 12.1 Å². The van der Waals surface area contributed by atoms with E-state index in [2.05, 4.69) is 5.10 Å². The van der Waals surface area contributed by atoms with E-state index in [1.54, 1.807) is 36.3 Å². The average Bonchev–Trinajstić information content (AvgIpc) is 3.32. The number of carbonyl (C=O) groups excluding carboxylic acids is 2. The molecule has 2 heterocycles. The van der Waals surface area contributed by atoms with E-state index >= 15 is 0 Å². The number of benzene rings is 2. The fourth-order valence-corrected chi connectivity index (χ4v) is 4.10. The van der Waals surface area contributed by atoms with E-state index in [0.29, 0.717) is 37.2 Å². The van der Waals surface area contributed by atoms with Crippen molar-refractivity contribution in [2.45, 2.75) is 19.0 Å². The Kier molecular flexibility index (Phi) is 6.81.